The molecule has 0 saturated carbocycles. The van der Waals surface area contributed by atoms with Crippen LogP contribution in [0.4, 0.5) is 11.4 Å². The van der Waals surface area contributed by atoms with Crippen LogP contribution in [-0.4, -0.2) is 24.0 Å². The molecule has 0 aliphatic carbocycles. The average molecular weight is 360 g/mol. The smallest absolute Gasteiger partial charge is 0.227 e. The fourth-order valence-corrected chi connectivity index (χ4v) is 3.14. The third-order valence-electron chi connectivity index (χ3n) is 4.03. The van der Waals surface area contributed by atoms with Crippen molar-refractivity contribution in [3.05, 3.63) is 53.3 Å². The number of halogens is 1. The minimum Gasteiger partial charge on any atom is -0.371 e. The Bertz CT molecular complexity index is 639. The molecule has 1 aromatic carbocycles. The van der Waals surface area contributed by atoms with Gasteiger partial charge in [-0.25, -0.2) is 0 Å². The molecule has 0 bridgehead atoms. The normalized spacial score (nSPS) is 15.6. The van der Waals surface area contributed by atoms with Gasteiger partial charge in [-0.2, -0.15) is 0 Å². The number of benzene rings is 1. The number of piperidine rings is 1. The van der Waals surface area contributed by atoms with Gasteiger partial charge in [-0.3, -0.25) is 9.78 Å². The highest BCUT2D eigenvalue weighted by atomic mass is 79.9. The summed E-state index contributed by atoms with van der Waals surface area (Å²) in [5, 5.41) is 3.02. The van der Waals surface area contributed by atoms with Crippen molar-refractivity contribution >= 4 is 33.2 Å². The van der Waals surface area contributed by atoms with Gasteiger partial charge in [0.25, 0.3) is 0 Å². The summed E-state index contributed by atoms with van der Waals surface area (Å²) in [4.78, 5) is 18.8. The van der Waals surface area contributed by atoms with Gasteiger partial charge in [-0.15, -0.1) is 0 Å². The first-order valence-corrected chi connectivity index (χ1v) is 8.24. The van der Waals surface area contributed by atoms with Crippen LogP contribution in [-0.2, 0) is 4.79 Å². The molecule has 0 atom stereocenters. The predicted octanol–water partition coefficient (Wildman–Crippen LogP) is 3.70. The molecule has 2 aromatic rings. The largest absolute Gasteiger partial charge is 0.371 e. The molecule has 1 N–H and O–H groups in total. The third-order valence-corrected chi connectivity index (χ3v) is 4.72. The van der Waals surface area contributed by atoms with Crippen LogP contribution in [0.3, 0.4) is 0 Å². The number of rotatable bonds is 3. The molecule has 0 radical (unpaired) electrons. The van der Waals surface area contributed by atoms with E-state index < -0.39 is 0 Å². The maximum Gasteiger partial charge on any atom is 0.227 e. The van der Waals surface area contributed by atoms with Gasteiger partial charge in [-0.05, 0) is 53.0 Å². The van der Waals surface area contributed by atoms with E-state index in [1.807, 2.05) is 36.4 Å². The molecule has 1 fully saturated rings. The topological polar surface area (TPSA) is 45.2 Å². The first kappa shape index (κ1) is 15.0. The van der Waals surface area contributed by atoms with Gasteiger partial charge >= 0.3 is 0 Å². The van der Waals surface area contributed by atoms with E-state index in [2.05, 4.69) is 31.1 Å². The molecular weight excluding hydrogens is 342 g/mol. The molecule has 1 aromatic heterocycles. The standard InChI is InChI=1S/C17H18BrN3O/c18-15-3-1-2-4-16(15)20-17(22)13-7-11-21(12-8-13)14-5-9-19-10-6-14/h1-6,9-10,13H,7-8,11-12H2,(H,20,22). The van der Waals surface area contributed by atoms with Crippen molar-refractivity contribution in [3.63, 3.8) is 0 Å². The highest BCUT2D eigenvalue weighted by Crippen LogP contribution is 2.26. The van der Waals surface area contributed by atoms with E-state index in [0.29, 0.717) is 0 Å². The Hall–Kier alpha value is -1.88. The lowest BCUT2D eigenvalue weighted by atomic mass is 9.95. The second-order valence-corrected chi connectivity index (χ2v) is 6.29. The van der Waals surface area contributed by atoms with Gasteiger partial charge in [0.05, 0.1) is 5.69 Å². The van der Waals surface area contributed by atoms with Crippen LogP contribution in [0.15, 0.2) is 53.3 Å². The van der Waals surface area contributed by atoms with Gasteiger partial charge < -0.3 is 10.2 Å². The highest BCUT2D eigenvalue weighted by Gasteiger charge is 2.25. The number of carbonyl (C=O) groups excluding carboxylic acids is 1. The van der Waals surface area contributed by atoms with E-state index in [9.17, 15) is 4.79 Å². The van der Waals surface area contributed by atoms with Crippen molar-refractivity contribution in [2.45, 2.75) is 12.8 Å². The SMILES string of the molecule is O=C(Nc1ccccc1Br)C1CCN(c2ccncc2)CC1. The minimum absolute atomic E-state index is 0.0743. The molecule has 3 rings (SSSR count). The lowest BCUT2D eigenvalue weighted by molar-refractivity contribution is -0.120. The summed E-state index contributed by atoms with van der Waals surface area (Å²) >= 11 is 3.46. The summed E-state index contributed by atoms with van der Waals surface area (Å²) < 4.78 is 0.914. The lowest BCUT2D eigenvalue weighted by Crippen LogP contribution is -2.38. The maximum absolute atomic E-state index is 12.4. The number of carbonyl (C=O) groups is 1. The molecule has 1 aliphatic heterocycles. The second kappa shape index (κ2) is 6.92. The van der Waals surface area contributed by atoms with Gasteiger partial charge in [0.2, 0.25) is 5.91 Å². The Morgan fingerprint density at radius 2 is 1.82 bits per heavy atom. The van der Waals surface area contributed by atoms with E-state index in [0.717, 1.165) is 36.1 Å². The first-order chi connectivity index (χ1) is 10.7. The third kappa shape index (κ3) is 3.47. The van der Waals surface area contributed by atoms with Gasteiger partial charge in [0, 0.05) is 41.6 Å². The molecule has 22 heavy (non-hydrogen) atoms. The van der Waals surface area contributed by atoms with Crippen LogP contribution in [0.1, 0.15) is 12.8 Å². The monoisotopic (exact) mass is 359 g/mol. The van der Waals surface area contributed by atoms with Crippen molar-refractivity contribution in [2.24, 2.45) is 5.92 Å². The molecule has 1 aliphatic rings. The van der Waals surface area contributed by atoms with Crippen LogP contribution in [0.25, 0.3) is 0 Å². The zero-order valence-electron chi connectivity index (χ0n) is 12.2. The van der Waals surface area contributed by atoms with Gasteiger partial charge in [0.1, 0.15) is 0 Å². The summed E-state index contributed by atoms with van der Waals surface area (Å²) in [7, 11) is 0. The molecule has 5 heteroatoms. The van der Waals surface area contributed by atoms with Crippen molar-refractivity contribution in [3.8, 4) is 0 Å². The van der Waals surface area contributed by atoms with E-state index >= 15 is 0 Å². The molecule has 114 valence electrons. The number of amides is 1. The summed E-state index contributed by atoms with van der Waals surface area (Å²) in [6.45, 7) is 1.80. The van der Waals surface area contributed by atoms with E-state index in [1.54, 1.807) is 12.4 Å². The molecule has 4 nitrogen and oxygen atoms in total. The van der Waals surface area contributed by atoms with Crippen LogP contribution in [0.2, 0.25) is 0 Å². The molecule has 2 heterocycles. The number of para-hydroxylation sites is 1. The average Bonchev–Trinajstić information content (AvgIpc) is 2.58. The number of hydrogen-bond acceptors (Lipinski definition) is 3. The van der Waals surface area contributed by atoms with E-state index in [-0.39, 0.29) is 11.8 Å². The molecule has 0 unspecified atom stereocenters. The predicted molar refractivity (Wildman–Crippen MR) is 91.9 cm³/mol. The Morgan fingerprint density at radius 1 is 1.14 bits per heavy atom. The zero-order valence-corrected chi connectivity index (χ0v) is 13.8. The number of anilines is 2. The van der Waals surface area contributed by atoms with E-state index in [1.165, 1.54) is 5.69 Å². The van der Waals surface area contributed by atoms with E-state index in [4.69, 9.17) is 0 Å². The second-order valence-electron chi connectivity index (χ2n) is 5.44. The summed E-state index contributed by atoms with van der Waals surface area (Å²) in [5.74, 6) is 0.187. The molecule has 0 spiro atoms. The zero-order chi connectivity index (χ0) is 15.4. The van der Waals surface area contributed by atoms with Crippen LogP contribution in [0.5, 0.6) is 0 Å². The van der Waals surface area contributed by atoms with Crippen LogP contribution >= 0.6 is 15.9 Å². The van der Waals surface area contributed by atoms with Crippen molar-refractivity contribution in [1.29, 1.82) is 0 Å². The van der Waals surface area contributed by atoms with Gasteiger partial charge in [-0.1, -0.05) is 12.1 Å². The first-order valence-electron chi connectivity index (χ1n) is 7.44. The number of aromatic nitrogens is 1. The fraction of sp³-hybridized carbons (Fsp3) is 0.294. The van der Waals surface area contributed by atoms with Crippen molar-refractivity contribution < 1.29 is 4.79 Å². The number of nitrogens with one attached hydrogen (secondary N) is 1. The Labute approximate surface area is 138 Å². The summed E-state index contributed by atoms with van der Waals surface area (Å²) in [6, 6.07) is 11.7. The number of nitrogens with zero attached hydrogens (tertiary/aromatic N) is 2. The number of hydrogen-bond donors (Lipinski definition) is 1. The van der Waals surface area contributed by atoms with Crippen molar-refractivity contribution in [2.75, 3.05) is 23.3 Å². The van der Waals surface area contributed by atoms with Crippen LogP contribution < -0.4 is 10.2 Å². The van der Waals surface area contributed by atoms with Crippen LogP contribution in [0, 0.1) is 5.92 Å². The van der Waals surface area contributed by atoms with Gasteiger partial charge in [0.15, 0.2) is 0 Å². The Morgan fingerprint density at radius 3 is 2.50 bits per heavy atom. The Balaban J connectivity index is 1.57. The maximum atomic E-state index is 12.4. The Kier molecular flexibility index (Phi) is 4.73. The summed E-state index contributed by atoms with van der Waals surface area (Å²) in [6.07, 6.45) is 5.36. The molecule has 1 saturated heterocycles. The number of pyridine rings is 1. The quantitative estimate of drug-likeness (QED) is 0.908. The highest BCUT2D eigenvalue weighted by molar-refractivity contribution is 9.10. The lowest BCUT2D eigenvalue weighted by Gasteiger charge is -2.32. The van der Waals surface area contributed by atoms with Crippen molar-refractivity contribution in [1.82, 2.24) is 4.98 Å². The minimum atomic E-state index is 0.0743. The molecule has 1 amide bonds. The fourth-order valence-electron chi connectivity index (χ4n) is 2.75. The molecular formula is C17H18BrN3O. The summed E-state index contributed by atoms with van der Waals surface area (Å²) in [5.41, 5.74) is 2.02.